The van der Waals surface area contributed by atoms with Gasteiger partial charge in [-0.05, 0) is 19.3 Å². The summed E-state index contributed by atoms with van der Waals surface area (Å²) in [5.74, 6) is 0.629. The van der Waals surface area contributed by atoms with E-state index in [2.05, 4.69) is 33.0 Å². The maximum absolute atomic E-state index is 12.5. The van der Waals surface area contributed by atoms with E-state index in [4.69, 9.17) is 4.74 Å². The normalized spacial score (nSPS) is 27.6. The van der Waals surface area contributed by atoms with Gasteiger partial charge in [-0.15, -0.1) is 0 Å². The second-order valence-corrected chi connectivity index (χ2v) is 5.38. The van der Waals surface area contributed by atoms with Crippen LogP contribution >= 0.6 is 0 Å². The number of carbonyl (C=O) groups is 1. The van der Waals surface area contributed by atoms with E-state index in [0.717, 1.165) is 19.3 Å². The van der Waals surface area contributed by atoms with Crippen LogP contribution in [0.1, 0.15) is 47.0 Å². The predicted molar refractivity (Wildman–Crippen MR) is 73.3 cm³/mol. The highest BCUT2D eigenvalue weighted by Gasteiger charge is 2.42. The van der Waals surface area contributed by atoms with Gasteiger partial charge in [0, 0.05) is 7.11 Å². The summed E-state index contributed by atoms with van der Waals surface area (Å²) in [5.41, 5.74) is 0. The molecule has 0 bridgehead atoms. The molecule has 0 aromatic carbocycles. The zero-order valence-corrected chi connectivity index (χ0v) is 12.4. The van der Waals surface area contributed by atoms with Crippen molar-refractivity contribution in [3.8, 4) is 0 Å². The van der Waals surface area contributed by atoms with Crippen LogP contribution in [0.15, 0.2) is 0 Å². The fourth-order valence-electron chi connectivity index (χ4n) is 2.66. The molecule has 0 aromatic heterocycles. The zero-order valence-electron chi connectivity index (χ0n) is 12.4. The number of carbonyl (C=O) groups excluding carboxylic acids is 1. The molecule has 0 spiro atoms. The lowest BCUT2D eigenvalue weighted by Gasteiger charge is -2.29. The van der Waals surface area contributed by atoms with Crippen molar-refractivity contribution in [1.82, 2.24) is 10.2 Å². The minimum Gasteiger partial charge on any atom is -0.383 e. The highest BCUT2D eigenvalue weighted by Crippen LogP contribution is 2.23. The third-order valence-electron chi connectivity index (χ3n) is 3.89. The van der Waals surface area contributed by atoms with Gasteiger partial charge in [0.25, 0.3) is 0 Å². The van der Waals surface area contributed by atoms with Crippen LogP contribution in [0.4, 0.5) is 0 Å². The Morgan fingerprint density at radius 3 is 2.56 bits per heavy atom. The summed E-state index contributed by atoms with van der Waals surface area (Å²) in [7, 11) is 1.69. The van der Waals surface area contributed by atoms with Gasteiger partial charge in [-0.25, -0.2) is 0 Å². The monoisotopic (exact) mass is 256 g/mol. The zero-order chi connectivity index (χ0) is 13.7. The first-order valence-corrected chi connectivity index (χ1v) is 7.13. The van der Waals surface area contributed by atoms with E-state index in [0.29, 0.717) is 12.5 Å². The molecule has 1 amide bonds. The second kappa shape index (κ2) is 7.10. The number of ether oxygens (including phenoxy) is 1. The van der Waals surface area contributed by atoms with Gasteiger partial charge in [0.1, 0.15) is 0 Å². The van der Waals surface area contributed by atoms with Crippen LogP contribution in [0.3, 0.4) is 0 Å². The molecule has 4 unspecified atom stereocenters. The molecule has 1 rings (SSSR count). The molecule has 18 heavy (non-hydrogen) atoms. The highest BCUT2D eigenvalue weighted by atomic mass is 16.5. The lowest BCUT2D eigenvalue weighted by atomic mass is 9.99. The van der Waals surface area contributed by atoms with Crippen LogP contribution in [-0.2, 0) is 9.53 Å². The molecule has 1 heterocycles. The van der Waals surface area contributed by atoms with Gasteiger partial charge in [0.05, 0.1) is 24.9 Å². The topological polar surface area (TPSA) is 41.6 Å². The van der Waals surface area contributed by atoms with E-state index in [9.17, 15) is 4.79 Å². The predicted octanol–water partition coefficient (Wildman–Crippen LogP) is 1.99. The Kier molecular flexibility index (Phi) is 6.09. The highest BCUT2D eigenvalue weighted by molar-refractivity contribution is 5.85. The van der Waals surface area contributed by atoms with E-state index < -0.39 is 0 Å². The summed E-state index contributed by atoms with van der Waals surface area (Å²) in [4.78, 5) is 14.5. The largest absolute Gasteiger partial charge is 0.383 e. The quantitative estimate of drug-likeness (QED) is 0.757. The van der Waals surface area contributed by atoms with Gasteiger partial charge in [0.15, 0.2) is 0 Å². The lowest BCUT2D eigenvalue weighted by molar-refractivity contribution is -0.133. The molecule has 4 nitrogen and oxygen atoms in total. The van der Waals surface area contributed by atoms with Gasteiger partial charge in [0.2, 0.25) is 5.91 Å². The molecule has 0 radical (unpaired) electrons. The number of nitrogens with zero attached hydrogens (tertiary/aromatic N) is 1. The van der Waals surface area contributed by atoms with E-state index in [1.54, 1.807) is 7.11 Å². The van der Waals surface area contributed by atoms with Gasteiger partial charge >= 0.3 is 0 Å². The number of rotatable bonds is 7. The van der Waals surface area contributed by atoms with Crippen molar-refractivity contribution in [2.24, 2.45) is 5.92 Å². The Labute approximate surface area is 111 Å². The Balaban J connectivity index is 2.80. The molecule has 0 saturated carbocycles. The lowest BCUT2D eigenvalue weighted by Crippen LogP contribution is -2.45. The van der Waals surface area contributed by atoms with Crippen LogP contribution in [0.2, 0.25) is 0 Å². The fraction of sp³-hybridized carbons (Fsp3) is 0.929. The van der Waals surface area contributed by atoms with Crippen molar-refractivity contribution in [2.75, 3.05) is 13.7 Å². The SMILES string of the molecule is CCCC1NC(C(C)CC)C(=O)N1C(C)COC. The Morgan fingerprint density at radius 2 is 2.06 bits per heavy atom. The Hall–Kier alpha value is -0.610. The first-order valence-electron chi connectivity index (χ1n) is 7.13. The maximum Gasteiger partial charge on any atom is 0.241 e. The molecule has 0 aliphatic carbocycles. The standard InChI is InChI=1S/C14H28N2O2/c1-6-8-12-15-13(10(3)7-2)14(17)16(12)11(4)9-18-5/h10-13,15H,6-9H2,1-5H3. The van der Waals surface area contributed by atoms with E-state index in [1.807, 2.05) is 4.90 Å². The average molecular weight is 256 g/mol. The number of hydrogen-bond acceptors (Lipinski definition) is 3. The molecule has 4 heteroatoms. The van der Waals surface area contributed by atoms with Gasteiger partial charge < -0.3 is 9.64 Å². The van der Waals surface area contributed by atoms with Crippen LogP contribution in [-0.4, -0.2) is 42.8 Å². The summed E-state index contributed by atoms with van der Waals surface area (Å²) in [6.07, 6.45) is 3.28. The molecule has 1 fully saturated rings. The van der Waals surface area contributed by atoms with Crippen molar-refractivity contribution in [3.05, 3.63) is 0 Å². The summed E-state index contributed by atoms with van der Waals surface area (Å²) < 4.78 is 5.19. The Morgan fingerprint density at radius 1 is 1.39 bits per heavy atom. The van der Waals surface area contributed by atoms with Crippen molar-refractivity contribution in [1.29, 1.82) is 0 Å². The molecule has 1 aliphatic rings. The van der Waals surface area contributed by atoms with Gasteiger partial charge in [-0.1, -0.05) is 33.6 Å². The van der Waals surface area contributed by atoms with Crippen LogP contribution in [0, 0.1) is 5.92 Å². The molecule has 1 N–H and O–H groups in total. The Bertz CT molecular complexity index is 271. The summed E-state index contributed by atoms with van der Waals surface area (Å²) >= 11 is 0. The number of nitrogens with one attached hydrogen (secondary N) is 1. The van der Waals surface area contributed by atoms with Crippen LogP contribution in [0.25, 0.3) is 0 Å². The van der Waals surface area contributed by atoms with Gasteiger partial charge in [-0.2, -0.15) is 0 Å². The molecular weight excluding hydrogens is 228 g/mol. The van der Waals surface area contributed by atoms with Crippen molar-refractivity contribution >= 4 is 5.91 Å². The summed E-state index contributed by atoms with van der Waals surface area (Å²) in [6.45, 7) is 9.09. The fourth-order valence-corrected chi connectivity index (χ4v) is 2.66. The summed E-state index contributed by atoms with van der Waals surface area (Å²) in [6, 6.07) is 0.117. The minimum atomic E-state index is -0.0224. The minimum absolute atomic E-state index is 0.0224. The average Bonchev–Trinajstić information content (AvgIpc) is 2.66. The molecular formula is C14H28N2O2. The molecule has 106 valence electrons. The molecule has 1 aliphatic heterocycles. The van der Waals surface area contributed by atoms with Crippen molar-refractivity contribution in [3.63, 3.8) is 0 Å². The third-order valence-corrected chi connectivity index (χ3v) is 3.89. The molecule has 0 aromatic rings. The first-order chi connectivity index (χ1) is 8.56. The third kappa shape index (κ3) is 3.23. The van der Waals surface area contributed by atoms with Crippen LogP contribution in [0.5, 0.6) is 0 Å². The van der Waals surface area contributed by atoms with Crippen molar-refractivity contribution < 1.29 is 9.53 Å². The van der Waals surface area contributed by atoms with Crippen LogP contribution < -0.4 is 5.32 Å². The first kappa shape index (κ1) is 15.4. The number of methoxy groups -OCH3 is 1. The smallest absolute Gasteiger partial charge is 0.241 e. The van der Waals surface area contributed by atoms with Gasteiger partial charge in [-0.3, -0.25) is 10.1 Å². The number of amides is 1. The van der Waals surface area contributed by atoms with E-state index in [-0.39, 0.29) is 24.2 Å². The summed E-state index contributed by atoms with van der Waals surface area (Å²) in [5, 5.41) is 3.50. The van der Waals surface area contributed by atoms with Crippen molar-refractivity contribution in [2.45, 2.75) is 65.2 Å². The maximum atomic E-state index is 12.5. The number of hydrogen-bond donors (Lipinski definition) is 1. The second-order valence-electron chi connectivity index (χ2n) is 5.38. The molecule has 1 saturated heterocycles. The molecule has 4 atom stereocenters. The van der Waals surface area contributed by atoms with E-state index >= 15 is 0 Å². The van der Waals surface area contributed by atoms with E-state index in [1.165, 1.54) is 0 Å².